The molecule has 1 fully saturated rings. The first-order valence-electron chi connectivity index (χ1n) is 5.41. The molecule has 94 valence electrons. The normalized spacial score (nSPS) is 18.6. The molecule has 0 bridgehead atoms. The average molecular weight is 239 g/mol. The maximum Gasteiger partial charge on any atom is 0.329 e. The smallest absolute Gasteiger partial charge is 0.329 e. The number of allylic oxidation sites excluding steroid dienone is 3. The van der Waals surface area contributed by atoms with Crippen molar-refractivity contribution in [2.24, 2.45) is 0 Å². The number of carbonyl (C=O) groups is 2. The molecule has 5 heteroatoms. The van der Waals surface area contributed by atoms with Gasteiger partial charge in [0.2, 0.25) is 5.91 Å². The molecule has 1 N–H and O–H groups in total. The van der Waals surface area contributed by atoms with Gasteiger partial charge in [-0.05, 0) is 13.8 Å². The van der Waals surface area contributed by atoms with Crippen LogP contribution in [0.25, 0.3) is 0 Å². The molecule has 5 nitrogen and oxygen atoms in total. The maximum atomic E-state index is 11.6. The number of carboxylic acids is 1. The first-order valence-corrected chi connectivity index (χ1v) is 5.41. The Kier molecular flexibility index (Phi) is 4.45. The summed E-state index contributed by atoms with van der Waals surface area (Å²) in [6.07, 6.45) is 6.77. The van der Waals surface area contributed by atoms with Crippen LogP contribution in [0.1, 0.15) is 13.8 Å². The van der Waals surface area contributed by atoms with Gasteiger partial charge in [0.15, 0.2) is 0 Å². The van der Waals surface area contributed by atoms with Gasteiger partial charge in [0.1, 0.15) is 12.2 Å². The van der Waals surface area contributed by atoms with Crippen LogP contribution in [0.5, 0.6) is 0 Å². The molecule has 1 heterocycles. The lowest BCUT2D eigenvalue weighted by atomic mass is 9.96. The van der Waals surface area contributed by atoms with Gasteiger partial charge in [0.25, 0.3) is 0 Å². The standard InChI is InChI=1S/C12H17NO4/c1-3-4-5-6-10(14)13-8-12(2,9-13)17-7-11(15)16/h3-6H,7-9H2,1-2H3,(H,15,16). The van der Waals surface area contributed by atoms with Crippen LogP contribution >= 0.6 is 0 Å². The summed E-state index contributed by atoms with van der Waals surface area (Å²) in [6.45, 7) is 4.20. The van der Waals surface area contributed by atoms with Crippen molar-refractivity contribution >= 4 is 11.9 Å². The van der Waals surface area contributed by atoms with E-state index in [9.17, 15) is 9.59 Å². The van der Waals surface area contributed by atoms with Gasteiger partial charge < -0.3 is 14.7 Å². The van der Waals surface area contributed by atoms with Gasteiger partial charge in [-0.15, -0.1) is 0 Å². The van der Waals surface area contributed by atoms with E-state index in [1.165, 1.54) is 6.08 Å². The molecule has 1 aliphatic rings. The van der Waals surface area contributed by atoms with E-state index in [1.807, 2.05) is 13.0 Å². The van der Waals surface area contributed by atoms with Crippen molar-refractivity contribution < 1.29 is 19.4 Å². The van der Waals surface area contributed by atoms with Crippen LogP contribution in [-0.4, -0.2) is 47.2 Å². The highest BCUT2D eigenvalue weighted by Gasteiger charge is 2.41. The largest absolute Gasteiger partial charge is 0.480 e. The molecule has 1 amide bonds. The molecule has 0 aromatic heterocycles. The average Bonchev–Trinajstić information content (AvgIpc) is 2.22. The van der Waals surface area contributed by atoms with Gasteiger partial charge >= 0.3 is 5.97 Å². The lowest BCUT2D eigenvalue weighted by Crippen LogP contribution is -2.63. The molecular weight excluding hydrogens is 222 g/mol. The Bertz CT molecular complexity index is 354. The van der Waals surface area contributed by atoms with E-state index in [-0.39, 0.29) is 12.5 Å². The van der Waals surface area contributed by atoms with Gasteiger partial charge in [-0.2, -0.15) is 0 Å². The fourth-order valence-corrected chi connectivity index (χ4v) is 1.60. The molecular formula is C12H17NO4. The molecule has 0 spiro atoms. The third-order valence-corrected chi connectivity index (χ3v) is 2.45. The number of ether oxygens (including phenoxy) is 1. The van der Waals surface area contributed by atoms with Crippen molar-refractivity contribution in [2.45, 2.75) is 19.4 Å². The predicted octanol–water partition coefficient (Wildman–Crippen LogP) is 0.821. The highest BCUT2D eigenvalue weighted by atomic mass is 16.5. The minimum atomic E-state index is -0.996. The van der Waals surface area contributed by atoms with E-state index < -0.39 is 11.6 Å². The second-order valence-corrected chi connectivity index (χ2v) is 4.21. The third kappa shape index (κ3) is 4.03. The third-order valence-electron chi connectivity index (χ3n) is 2.45. The Balaban J connectivity index is 2.34. The van der Waals surface area contributed by atoms with Crippen molar-refractivity contribution in [3.8, 4) is 0 Å². The first kappa shape index (κ1) is 13.4. The zero-order valence-corrected chi connectivity index (χ0v) is 10.0. The number of carbonyl (C=O) groups excluding carboxylic acids is 1. The summed E-state index contributed by atoms with van der Waals surface area (Å²) in [7, 11) is 0. The van der Waals surface area contributed by atoms with Crippen molar-refractivity contribution in [2.75, 3.05) is 19.7 Å². The summed E-state index contributed by atoms with van der Waals surface area (Å²) in [4.78, 5) is 23.5. The highest BCUT2D eigenvalue weighted by Crippen LogP contribution is 2.24. The second kappa shape index (κ2) is 5.63. The minimum Gasteiger partial charge on any atom is -0.480 e. The van der Waals surface area contributed by atoms with Gasteiger partial charge in [-0.1, -0.05) is 18.2 Å². The number of hydrogen-bond donors (Lipinski definition) is 1. The number of rotatable bonds is 5. The van der Waals surface area contributed by atoms with E-state index in [2.05, 4.69) is 0 Å². The molecule has 0 radical (unpaired) electrons. The monoisotopic (exact) mass is 239 g/mol. The van der Waals surface area contributed by atoms with E-state index in [0.29, 0.717) is 13.1 Å². The van der Waals surface area contributed by atoms with E-state index in [4.69, 9.17) is 9.84 Å². The Hall–Kier alpha value is -1.62. The van der Waals surface area contributed by atoms with E-state index in [0.717, 1.165) is 0 Å². The van der Waals surface area contributed by atoms with E-state index >= 15 is 0 Å². The molecule has 17 heavy (non-hydrogen) atoms. The van der Waals surface area contributed by atoms with Crippen molar-refractivity contribution in [3.05, 3.63) is 24.3 Å². The lowest BCUT2D eigenvalue weighted by Gasteiger charge is -2.46. The molecule has 0 unspecified atom stereocenters. The van der Waals surface area contributed by atoms with Crippen molar-refractivity contribution in [1.82, 2.24) is 4.90 Å². The number of carboxylic acid groups (broad SMARTS) is 1. The number of hydrogen-bond acceptors (Lipinski definition) is 3. The Morgan fingerprint density at radius 3 is 2.59 bits per heavy atom. The maximum absolute atomic E-state index is 11.6. The van der Waals surface area contributed by atoms with Crippen molar-refractivity contribution in [3.63, 3.8) is 0 Å². The SMILES string of the molecule is CC=CC=CC(=O)N1CC(C)(OCC(=O)O)C1. The summed E-state index contributed by atoms with van der Waals surface area (Å²) in [5.74, 6) is -1.08. The quantitative estimate of drug-likeness (QED) is 0.570. The fourth-order valence-electron chi connectivity index (χ4n) is 1.60. The van der Waals surface area contributed by atoms with Crippen molar-refractivity contribution in [1.29, 1.82) is 0 Å². The van der Waals surface area contributed by atoms with Crippen LogP contribution < -0.4 is 0 Å². The van der Waals surface area contributed by atoms with Gasteiger partial charge in [0.05, 0.1) is 13.1 Å². The van der Waals surface area contributed by atoms with Crippen LogP contribution in [0, 0.1) is 0 Å². The summed E-state index contributed by atoms with van der Waals surface area (Å²) in [5.41, 5.74) is -0.525. The number of amides is 1. The molecule has 1 aliphatic heterocycles. The summed E-state index contributed by atoms with van der Waals surface area (Å²) in [5, 5.41) is 8.49. The molecule has 1 rings (SSSR count). The fraction of sp³-hybridized carbons (Fsp3) is 0.500. The van der Waals surface area contributed by atoms with Crippen LogP contribution in [0.4, 0.5) is 0 Å². The van der Waals surface area contributed by atoms with Gasteiger partial charge in [0, 0.05) is 6.08 Å². The van der Waals surface area contributed by atoms with E-state index in [1.54, 1.807) is 24.0 Å². The molecule has 0 aromatic rings. The molecule has 0 saturated carbocycles. The van der Waals surface area contributed by atoms with Crippen LogP contribution in [0.15, 0.2) is 24.3 Å². The second-order valence-electron chi connectivity index (χ2n) is 4.21. The summed E-state index contributed by atoms with van der Waals surface area (Å²) in [6, 6.07) is 0. The van der Waals surface area contributed by atoms with Gasteiger partial charge in [-0.3, -0.25) is 4.79 Å². The zero-order chi connectivity index (χ0) is 12.9. The summed E-state index contributed by atoms with van der Waals surface area (Å²) < 4.78 is 5.20. The van der Waals surface area contributed by atoms with Crippen LogP contribution in [-0.2, 0) is 14.3 Å². The molecule has 1 saturated heterocycles. The Morgan fingerprint density at radius 2 is 2.06 bits per heavy atom. The Morgan fingerprint density at radius 1 is 1.41 bits per heavy atom. The zero-order valence-electron chi connectivity index (χ0n) is 10.0. The minimum absolute atomic E-state index is 0.0838. The lowest BCUT2D eigenvalue weighted by molar-refractivity contribution is -0.170. The number of aliphatic carboxylic acids is 1. The predicted molar refractivity (Wildman–Crippen MR) is 62.5 cm³/mol. The molecule has 0 atom stereocenters. The topological polar surface area (TPSA) is 66.8 Å². The number of nitrogens with zero attached hydrogens (tertiary/aromatic N) is 1. The molecule has 0 aliphatic carbocycles. The summed E-state index contributed by atoms with van der Waals surface area (Å²) >= 11 is 0. The number of likely N-dealkylation sites (tertiary alicyclic amines) is 1. The molecule has 0 aromatic carbocycles. The van der Waals surface area contributed by atoms with Gasteiger partial charge in [-0.25, -0.2) is 4.79 Å². The van der Waals surface area contributed by atoms with Crippen LogP contribution in [0.2, 0.25) is 0 Å². The Labute approximate surface area is 100 Å². The highest BCUT2D eigenvalue weighted by molar-refractivity contribution is 5.88. The van der Waals surface area contributed by atoms with Crippen LogP contribution in [0.3, 0.4) is 0 Å². The first-order chi connectivity index (χ1) is 7.97.